The molecule has 0 aromatic carbocycles. The fraction of sp³-hybridized carbons (Fsp3) is 0.750. The molecule has 0 rings (SSSR count). The number of halogens is 1. The molecule has 0 atom stereocenters. The lowest BCUT2D eigenvalue weighted by molar-refractivity contribution is 0.503. The van der Waals surface area contributed by atoms with E-state index < -0.39 is 0 Å². The summed E-state index contributed by atoms with van der Waals surface area (Å²) in [4.78, 5) is 0. The summed E-state index contributed by atoms with van der Waals surface area (Å²) in [5.41, 5.74) is 1.65. The molecule has 0 spiro atoms. The normalized spacial score (nSPS) is 14.1. The minimum atomic E-state index is 0.287. The van der Waals surface area contributed by atoms with E-state index in [1.807, 2.05) is 0 Å². The second kappa shape index (κ2) is 3.26. The van der Waals surface area contributed by atoms with Gasteiger partial charge in [-0.1, -0.05) is 32.4 Å². The molecule has 0 saturated carbocycles. The van der Waals surface area contributed by atoms with Gasteiger partial charge in [0, 0.05) is 5.88 Å². The summed E-state index contributed by atoms with van der Waals surface area (Å²) in [7, 11) is 0. The molecular weight excluding hydrogens is 132 g/mol. The van der Waals surface area contributed by atoms with Crippen molar-refractivity contribution in [3.05, 3.63) is 11.6 Å². The highest BCUT2D eigenvalue weighted by Crippen LogP contribution is 2.23. The monoisotopic (exact) mass is 146 g/mol. The van der Waals surface area contributed by atoms with E-state index in [1.54, 1.807) is 0 Å². The van der Waals surface area contributed by atoms with Crippen molar-refractivity contribution in [1.29, 1.82) is 0 Å². The Morgan fingerprint density at radius 3 is 2.00 bits per heavy atom. The Bertz CT molecular complexity index is 106. The van der Waals surface area contributed by atoms with Crippen molar-refractivity contribution in [1.82, 2.24) is 0 Å². The Balaban J connectivity index is 4.03. The average Bonchev–Trinajstić information content (AvgIpc) is 1.64. The number of rotatable bonds is 1. The van der Waals surface area contributed by atoms with Gasteiger partial charge in [-0.3, -0.25) is 0 Å². The van der Waals surface area contributed by atoms with Gasteiger partial charge >= 0.3 is 0 Å². The van der Waals surface area contributed by atoms with E-state index in [0.717, 1.165) is 0 Å². The summed E-state index contributed by atoms with van der Waals surface area (Å²) in [6, 6.07) is 0. The van der Waals surface area contributed by atoms with E-state index in [9.17, 15) is 0 Å². The van der Waals surface area contributed by atoms with Crippen molar-refractivity contribution in [3.63, 3.8) is 0 Å². The maximum atomic E-state index is 5.53. The van der Waals surface area contributed by atoms with Gasteiger partial charge in [0.05, 0.1) is 0 Å². The molecule has 0 aromatic heterocycles. The molecule has 0 nitrogen and oxygen atoms in total. The summed E-state index contributed by atoms with van der Waals surface area (Å²) in [6.45, 7) is 8.67. The minimum absolute atomic E-state index is 0.287. The first-order valence-electron chi connectivity index (χ1n) is 3.21. The van der Waals surface area contributed by atoms with Crippen molar-refractivity contribution >= 4 is 11.6 Å². The van der Waals surface area contributed by atoms with E-state index in [0.29, 0.717) is 5.88 Å². The molecule has 0 bridgehead atoms. The maximum Gasteiger partial charge on any atom is 0.0406 e. The Kier molecular flexibility index (Phi) is 3.27. The first-order chi connectivity index (χ1) is 3.98. The van der Waals surface area contributed by atoms with Crippen LogP contribution in [0.5, 0.6) is 0 Å². The smallest absolute Gasteiger partial charge is 0.0406 e. The molecular formula is C8H15Cl. The summed E-state index contributed by atoms with van der Waals surface area (Å²) in [5, 5.41) is 0. The number of alkyl halides is 1. The number of hydrogen-bond acceptors (Lipinski definition) is 0. The van der Waals surface area contributed by atoms with Gasteiger partial charge < -0.3 is 0 Å². The van der Waals surface area contributed by atoms with Crippen molar-refractivity contribution in [2.24, 2.45) is 5.41 Å². The third-order valence-corrected chi connectivity index (χ3v) is 1.72. The molecule has 0 amide bonds. The Labute approximate surface area is 62.9 Å². The van der Waals surface area contributed by atoms with Crippen LogP contribution in [0.1, 0.15) is 27.7 Å². The standard InChI is InChI=1S/C8H15Cl/c1-7(5-6-9)8(2,3)4/h5H,6H2,1-4H3/b7-5+. The number of allylic oxidation sites excluding steroid dienone is 2. The van der Waals surface area contributed by atoms with Crippen LogP contribution in [0.2, 0.25) is 0 Å². The van der Waals surface area contributed by atoms with Crippen molar-refractivity contribution in [3.8, 4) is 0 Å². The van der Waals surface area contributed by atoms with Gasteiger partial charge in [0.2, 0.25) is 0 Å². The lowest BCUT2D eigenvalue weighted by atomic mass is 9.88. The zero-order valence-corrected chi connectivity index (χ0v) is 7.42. The highest BCUT2D eigenvalue weighted by molar-refractivity contribution is 6.18. The van der Waals surface area contributed by atoms with Gasteiger partial charge in [-0.25, -0.2) is 0 Å². The predicted molar refractivity (Wildman–Crippen MR) is 43.9 cm³/mol. The molecule has 0 aliphatic rings. The molecule has 0 heterocycles. The van der Waals surface area contributed by atoms with Crippen LogP contribution in [0.3, 0.4) is 0 Å². The summed E-state index contributed by atoms with van der Waals surface area (Å²) >= 11 is 5.53. The molecule has 0 aromatic rings. The van der Waals surface area contributed by atoms with Gasteiger partial charge in [-0.15, -0.1) is 11.6 Å². The van der Waals surface area contributed by atoms with Crippen molar-refractivity contribution in [2.45, 2.75) is 27.7 Å². The zero-order chi connectivity index (χ0) is 7.49. The molecule has 0 unspecified atom stereocenters. The highest BCUT2D eigenvalue weighted by atomic mass is 35.5. The Hall–Kier alpha value is 0.0300. The Morgan fingerprint density at radius 2 is 1.89 bits per heavy atom. The lowest BCUT2D eigenvalue weighted by Crippen LogP contribution is -2.06. The Morgan fingerprint density at radius 1 is 1.44 bits per heavy atom. The first-order valence-corrected chi connectivity index (χ1v) is 3.75. The minimum Gasteiger partial charge on any atom is -0.122 e. The summed E-state index contributed by atoms with van der Waals surface area (Å²) < 4.78 is 0. The molecule has 0 N–H and O–H groups in total. The highest BCUT2D eigenvalue weighted by Gasteiger charge is 2.10. The first kappa shape index (κ1) is 9.03. The molecule has 9 heavy (non-hydrogen) atoms. The van der Waals surface area contributed by atoms with Crippen LogP contribution in [-0.2, 0) is 0 Å². The van der Waals surface area contributed by atoms with E-state index in [1.165, 1.54) is 5.57 Å². The second-order valence-electron chi connectivity index (χ2n) is 3.29. The van der Waals surface area contributed by atoms with Crippen LogP contribution >= 0.6 is 11.6 Å². The second-order valence-corrected chi connectivity index (χ2v) is 3.60. The molecule has 0 saturated heterocycles. The lowest BCUT2D eigenvalue weighted by Gasteiger charge is -2.18. The predicted octanol–water partition coefficient (Wildman–Crippen LogP) is 3.22. The van der Waals surface area contributed by atoms with Gasteiger partial charge in [0.25, 0.3) is 0 Å². The largest absolute Gasteiger partial charge is 0.122 e. The van der Waals surface area contributed by atoms with Crippen LogP contribution < -0.4 is 0 Å². The van der Waals surface area contributed by atoms with E-state index in [2.05, 4.69) is 33.8 Å². The van der Waals surface area contributed by atoms with Crippen LogP contribution in [-0.4, -0.2) is 5.88 Å². The van der Waals surface area contributed by atoms with Crippen LogP contribution in [0.4, 0.5) is 0 Å². The van der Waals surface area contributed by atoms with Crippen molar-refractivity contribution < 1.29 is 0 Å². The summed E-state index contributed by atoms with van der Waals surface area (Å²) in [5.74, 6) is 0.628. The third-order valence-electron chi connectivity index (χ3n) is 1.57. The molecule has 0 radical (unpaired) electrons. The van der Waals surface area contributed by atoms with E-state index >= 15 is 0 Å². The topological polar surface area (TPSA) is 0 Å². The van der Waals surface area contributed by atoms with Crippen molar-refractivity contribution in [2.75, 3.05) is 5.88 Å². The van der Waals surface area contributed by atoms with Crippen LogP contribution in [0, 0.1) is 5.41 Å². The molecule has 0 aliphatic heterocycles. The van der Waals surface area contributed by atoms with Crippen LogP contribution in [0.25, 0.3) is 0 Å². The molecule has 1 heteroatoms. The maximum absolute atomic E-state index is 5.53. The quantitative estimate of drug-likeness (QED) is 0.394. The number of hydrogen-bond donors (Lipinski definition) is 0. The molecule has 0 fully saturated rings. The van der Waals surface area contributed by atoms with Gasteiger partial charge in [0.1, 0.15) is 0 Å². The van der Waals surface area contributed by atoms with E-state index in [-0.39, 0.29) is 5.41 Å². The zero-order valence-electron chi connectivity index (χ0n) is 6.66. The average molecular weight is 147 g/mol. The fourth-order valence-corrected chi connectivity index (χ4v) is 0.653. The molecule has 54 valence electrons. The summed E-state index contributed by atoms with van der Waals surface area (Å²) in [6.07, 6.45) is 2.06. The fourth-order valence-electron chi connectivity index (χ4n) is 0.422. The van der Waals surface area contributed by atoms with Crippen LogP contribution in [0.15, 0.2) is 11.6 Å². The van der Waals surface area contributed by atoms with Gasteiger partial charge in [0.15, 0.2) is 0 Å². The third kappa shape index (κ3) is 3.58. The van der Waals surface area contributed by atoms with Gasteiger partial charge in [-0.2, -0.15) is 0 Å². The molecule has 0 aliphatic carbocycles. The van der Waals surface area contributed by atoms with Gasteiger partial charge in [-0.05, 0) is 12.3 Å². The SMILES string of the molecule is C/C(=C\CCl)C(C)(C)C. The van der Waals surface area contributed by atoms with E-state index in [4.69, 9.17) is 11.6 Å².